The maximum absolute atomic E-state index is 11.0. The highest BCUT2D eigenvalue weighted by molar-refractivity contribution is 5.77. The molecule has 0 fully saturated rings. The van der Waals surface area contributed by atoms with Gasteiger partial charge in [-0.2, -0.15) is 0 Å². The van der Waals surface area contributed by atoms with Gasteiger partial charge in [-0.25, -0.2) is 0 Å². The molecule has 0 rings (SSSR count). The number of hydrogen-bond acceptors (Lipinski definition) is 2. The Bertz CT molecular complexity index is 212. The van der Waals surface area contributed by atoms with Crippen LogP contribution in [0, 0.1) is 0 Å². The van der Waals surface area contributed by atoms with Crippen LogP contribution in [0.1, 0.15) is 77.6 Å². The lowest BCUT2D eigenvalue weighted by molar-refractivity contribution is -0.137. The Morgan fingerprint density at radius 2 is 1.18 bits per heavy atom. The van der Waals surface area contributed by atoms with Gasteiger partial charge in [0.05, 0.1) is 0 Å². The summed E-state index contributed by atoms with van der Waals surface area (Å²) in [5, 5.41) is 8.45. The van der Waals surface area contributed by atoms with E-state index >= 15 is 0 Å². The fraction of sp³-hybridized carbons (Fsp3) is 0.857. The van der Waals surface area contributed by atoms with Gasteiger partial charge in [0.1, 0.15) is 5.78 Å². The monoisotopic (exact) mass is 242 g/mol. The first-order valence-electron chi connectivity index (χ1n) is 6.90. The Kier molecular flexibility index (Phi) is 11.0. The lowest BCUT2D eigenvalue weighted by atomic mass is 10.0. The number of unbranched alkanes of at least 4 members (excludes halogenated alkanes) is 7. The first kappa shape index (κ1) is 16.1. The SMILES string of the molecule is CCC(=O)CCCCCCCCCCC(=O)O. The quantitative estimate of drug-likeness (QED) is 0.527. The Balaban J connectivity index is 3.03. The summed E-state index contributed by atoms with van der Waals surface area (Å²) in [5.41, 5.74) is 0. The molecule has 0 aromatic carbocycles. The number of carboxylic acid groups (broad SMARTS) is 1. The molecule has 0 unspecified atom stereocenters. The van der Waals surface area contributed by atoms with Crippen LogP contribution in [0.15, 0.2) is 0 Å². The third-order valence-electron chi connectivity index (χ3n) is 2.99. The third-order valence-corrected chi connectivity index (χ3v) is 2.99. The van der Waals surface area contributed by atoms with E-state index in [4.69, 9.17) is 5.11 Å². The second-order valence-corrected chi connectivity index (χ2v) is 4.61. The van der Waals surface area contributed by atoms with E-state index in [0.717, 1.165) is 38.5 Å². The molecule has 3 heteroatoms. The molecule has 0 aliphatic rings. The van der Waals surface area contributed by atoms with Gasteiger partial charge in [0.25, 0.3) is 0 Å². The maximum Gasteiger partial charge on any atom is 0.303 e. The van der Waals surface area contributed by atoms with Crippen molar-refractivity contribution in [3.05, 3.63) is 0 Å². The molecule has 17 heavy (non-hydrogen) atoms. The first-order valence-corrected chi connectivity index (χ1v) is 6.90. The Morgan fingerprint density at radius 3 is 1.59 bits per heavy atom. The summed E-state index contributed by atoms with van der Waals surface area (Å²) in [7, 11) is 0. The van der Waals surface area contributed by atoms with Crippen molar-refractivity contribution in [2.45, 2.75) is 77.6 Å². The van der Waals surface area contributed by atoms with Crippen LogP contribution in [0.4, 0.5) is 0 Å². The first-order chi connectivity index (χ1) is 8.16. The zero-order chi connectivity index (χ0) is 12.9. The fourth-order valence-electron chi connectivity index (χ4n) is 1.84. The molecule has 0 saturated carbocycles. The van der Waals surface area contributed by atoms with Gasteiger partial charge in [0, 0.05) is 19.3 Å². The zero-order valence-electron chi connectivity index (χ0n) is 11.0. The van der Waals surface area contributed by atoms with E-state index in [-0.39, 0.29) is 0 Å². The summed E-state index contributed by atoms with van der Waals surface area (Å²) >= 11 is 0. The van der Waals surface area contributed by atoms with E-state index in [0.29, 0.717) is 18.6 Å². The normalized spacial score (nSPS) is 10.4. The summed E-state index contributed by atoms with van der Waals surface area (Å²) in [6, 6.07) is 0. The number of Topliss-reactive ketones (excluding diaryl/α,β-unsaturated/α-hetero) is 1. The van der Waals surface area contributed by atoms with Crippen LogP contribution in [0.5, 0.6) is 0 Å². The minimum atomic E-state index is -0.689. The summed E-state index contributed by atoms with van der Waals surface area (Å²) < 4.78 is 0. The summed E-state index contributed by atoms with van der Waals surface area (Å²) in [4.78, 5) is 21.3. The minimum Gasteiger partial charge on any atom is -0.481 e. The minimum absolute atomic E-state index is 0.305. The van der Waals surface area contributed by atoms with Gasteiger partial charge in [-0.15, -0.1) is 0 Å². The van der Waals surface area contributed by atoms with E-state index < -0.39 is 5.97 Å². The molecular formula is C14H26O3. The number of carboxylic acids is 1. The molecule has 0 saturated heterocycles. The van der Waals surface area contributed by atoms with Gasteiger partial charge in [-0.1, -0.05) is 45.4 Å². The summed E-state index contributed by atoms with van der Waals surface area (Å²) in [6.07, 6.45) is 10.5. The molecular weight excluding hydrogens is 216 g/mol. The van der Waals surface area contributed by atoms with Crippen molar-refractivity contribution in [3.8, 4) is 0 Å². The number of carbonyl (C=O) groups is 2. The van der Waals surface area contributed by atoms with Crippen molar-refractivity contribution in [3.63, 3.8) is 0 Å². The van der Waals surface area contributed by atoms with Crippen LogP contribution in [-0.4, -0.2) is 16.9 Å². The Morgan fingerprint density at radius 1 is 0.765 bits per heavy atom. The summed E-state index contributed by atoms with van der Waals surface area (Å²) in [6.45, 7) is 1.92. The molecule has 0 bridgehead atoms. The van der Waals surface area contributed by atoms with E-state index in [9.17, 15) is 9.59 Å². The molecule has 0 aromatic heterocycles. The standard InChI is InChI=1S/C14H26O3/c1-2-13(15)11-9-7-5-3-4-6-8-10-12-14(16)17/h2-12H2,1H3,(H,16,17). The van der Waals surface area contributed by atoms with Crippen molar-refractivity contribution in [2.24, 2.45) is 0 Å². The average Bonchev–Trinajstić information content (AvgIpc) is 2.30. The number of aliphatic carboxylic acids is 1. The number of rotatable bonds is 12. The molecule has 0 aliphatic heterocycles. The van der Waals surface area contributed by atoms with Crippen LogP contribution in [0.3, 0.4) is 0 Å². The predicted molar refractivity (Wildman–Crippen MR) is 69.1 cm³/mol. The van der Waals surface area contributed by atoms with Gasteiger partial charge in [-0.05, 0) is 12.8 Å². The van der Waals surface area contributed by atoms with Crippen molar-refractivity contribution in [1.29, 1.82) is 0 Å². The summed E-state index contributed by atoms with van der Waals surface area (Å²) in [5.74, 6) is -0.315. The lowest BCUT2D eigenvalue weighted by Crippen LogP contribution is -1.94. The third kappa shape index (κ3) is 13.1. The molecule has 0 atom stereocenters. The van der Waals surface area contributed by atoms with E-state index in [1.165, 1.54) is 19.3 Å². The van der Waals surface area contributed by atoms with E-state index in [2.05, 4.69) is 0 Å². The van der Waals surface area contributed by atoms with Crippen LogP contribution in [0.25, 0.3) is 0 Å². The molecule has 0 amide bonds. The van der Waals surface area contributed by atoms with Crippen molar-refractivity contribution >= 4 is 11.8 Å². The lowest BCUT2D eigenvalue weighted by Gasteiger charge is -2.01. The van der Waals surface area contributed by atoms with Crippen LogP contribution in [0.2, 0.25) is 0 Å². The van der Waals surface area contributed by atoms with Crippen LogP contribution >= 0.6 is 0 Å². The van der Waals surface area contributed by atoms with Crippen LogP contribution < -0.4 is 0 Å². The van der Waals surface area contributed by atoms with E-state index in [1.807, 2.05) is 6.92 Å². The molecule has 0 aromatic rings. The molecule has 0 heterocycles. The number of hydrogen-bond donors (Lipinski definition) is 1. The second-order valence-electron chi connectivity index (χ2n) is 4.61. The molecule has 100 valence electrons. The van der Waals surface area contributed by atoms with Gasteiger partial charge in [-0.3, -0.25) is 9.59 Å². The predicted octanol–water partition coefficient (Wildman–Crippen LogP) is 3.95. The van der Waals surface area contributed by atoms with Crippen molar-refractivity contribution in [2.75, 3.05) is 0 Å². The highest BCUT2D eigenvalue weighted by atomic mass is 16.4. The highest BCUT2D eigenvalue weighted by Crippen LogP contribution is 2.11. The highest BCUT2D eigenvalue weighted by Gasteiger charge is 1.98. The second kappa shape index (κ2) is 11.6. The topological polar surface area (TPSA) is 54.4 Å². The van der Waals surface area contributed by atoms with E-state index in [1.54, 1.807) is 0 Å². The molecule has 0 radical (unpaired) electrons. The number of ketones is 1. The Hall–Kier alpha value is -0.860. The molecule has 0 spiro atoms. The molecule has 0 aliphatic carbocycles. The number of carbonyl (C=O) groups excluding carboxylic acids is 1. The maximum atomic E-state index is 11.0. The average molecular weight is 242 g/mol. The zero-order valence-corrected chi connectivity index (χ0v) is 11.0. The van der Waals surface area contributed by atoms with Gasteiger partial charge >= 0.3 is 5.97 Å². The van der Waals surface area contributed by atoms with Gasteiger partial charge < -0.3 is 5.11 Å². The van der Waals surface area contributed by atoms with Crippen LogP contribution in [-0.2, 0) is 9.59 Å². The molecule has 3 nitrogen and oxygen atoms in total. The van der Waals surface area contributed by atoms with Gasteiger partial charge in [0.15, 0.2) is 0 Å². The van der Waals surface area contributed by atoms with Crippen molar-refractivity contribution < 1.29 is 14.7 Å². The molecule has 1 N–H and O–H groups in total. The Labute approximate surface area is 105 Å². The van der Waals surface area contributed by atoms with Crippen molar-refractivity contribution in [1.82, 2.24) is 0 Å². The largest absolute Gasteiger partial charge is 0.481 e. The van der Waals surface area contributed by atoms with Gasteiger partial charge in [0.2, 0.25) is 0 Å². The fourth-order valence-corrected chi connectivity index (χ4v) is 1.84. The smallest absolute Gasteiger partial charge is 0.303 e.